The molecule has 2 aliphatic heterocycles. The molecule has 3 atom stereocenters. The van der Waals surface area contributed by atoms with E-state index in [4.69, 9.17) is 10.2 Å². The molecule has 2 rings (SSSR count). The first-order chi connectivity index (χ1) is 9.97. The molecule has 2 fully saturated rings. The first-order valence-electron chi connectivity index (χ1n) is 7.26. The zero-order valence-electron chi connectivity index (χ0n) is 12.1. The molecule has 8 heteroatoms. The molecule has 120 valence electrons. The lowest BCUT2D eigenvalue weighted by atomic mass is 10.0. The molecule has 7 nitrogen and oxygen atoms in total. The number of carbonyl (C=O) groups is 2. The molecule has 0 saturated carbocycles. The van der Waals surface area contributed by atoms with Crippen LogP contribution < -0.4 is 10.6 Å². The highest BCUT2D eigenvalue weighted by atomic mass is 32.2. The van der Waals surface area contributed by atoms with Crippen molar-refractivity contribution in [3.05, 3.63) is 0 Å². The Labute approximate surface area is 128 Å². The van der Waals surface area contributed by atoms with Crippen LogP contribution in [0.15, 0.2) is 0 Å². The predicted molar refractivity (Wildman–Crippen MR) is 79.8 cm³/mol. The topological polar surface area (TPSA) is 102 Å². The molecule has 3 amide bonds. The molecule has 21 heavy (non-hydrogen) atoms. The van der Waals surface area contributed by atoms with Crippen molar-refractivity contribution in [1.82, 2.24) is 15.5 Å². The van der Waals surface area contributed by atoms with Crippen LogP contribution in [-0.4, -0.2) is 70.0 Å². The Kier molecular flexibility index (Phi) is 5.72. The van der Waals surface area contributed by atoms with Crippen molar-refractivity contribution in [2.24, 2.45) is 0 Å². The van der Waals surface area contributed by atoms with E-state index >= 15 is 0 Å². The van der Waals surface area contributed by atoms with E-state index in [1.54, 1.807) is 7.05 Å². The summed E-state index contributed by atoms with van der Waals surface area (Å²) in [6.07, 6.45) is 1.62. The largest absolute Gasteiger partial charge is 0.367 e. The Hall–Kier alpha value is -0.990. The van der Waals surface area contributed by atoms with E-state index in [0.717, 1.165) is 25.0 Å². The Bertz CT molecular complexity index is 394. The number of hydrogen-bond donors (Lipinski definition) is 4. The minimum absolute atomic E-state index is 0.0568. The molecule has 0 aromatic carbocycles. The minimum Gasteiger partial charge on any atom is -0.367 e. The second-order valence-corrected chi connectivity index (χ2v) is 6.89. The van der Waals surface area contributed by atoms with Crippen LogP contribution in [0.3, 0.4) is 0 Å². The molecule has 0 aliphatic carbocycles. The van der Waals surface area contributed by atoms with Crippen LogP contribution in [0.2, 0.25) is 0 Å². The van der Waals surface area contributed by atoms with E-state index < -0.39 is 6.29 Å². The van der Waals surface area contributed by atoms with Crippen LogP contribution in [0.5, 0.6) is 0 Å². The third kappa shape index (κ3) is 4.49. The minimum atomic E-state index is -1.48. The van der Waals surface area contributed by atoms with E-state index in [-0.39, 0.29) is 30.6 Å². The summed E-state index contributed by atoms with van der Waals surface area (Å²) in [6, 6.07) is 0.381. The molecule has 0 aromatic heterocycles. The highest BCUT2D eigenvalue weighted by Gasteiger charge is 2.42. The summed E-state index contributed by atoms with van der Waals surface area (Å²) < 4.78 is 0. The van der Waals surface area contributed by atoms with Gasteiger partial charge in [0, 0.05) is 24.5 Å². The highest BCUT2D eigenvalue weighted by molar-refractivity contribution is 8.00. The number of nitrogens with one attached hydrogen (secondary N) is 2. The monoisotopic (exact) mass is 317 g/mol. The lowest BCUT2D eigenvalue weighted by Gasteiger charge is -2.19. The summed E-state index contributed by atoms with van der Waals surface area (Å²) in [4.78, 5) is 24.3. The Balaban J connectivity index is 1.62. The number of fused-ring (bicyclic) bond motifs is 1. The van der Waals surface area contributed by atoms with E-state index in [2.05, 4.69) is 10.6 Å². The molecular formula is C13H23N3O4S. The SMILES string of the molecule is CN(CC(O)O)C(=O)CCCCC1SCC2NC(=O)NC21. The number of rotatable bonds is 7. The smallest absolute Gasteiger partial charge is 0.315 e. The van der Waals surface area contributed by atoms with Gasteiger partial charge in [0.1, 0.15) is 0 Å². The van der Waals surface area contributed by atoms with E-state index in [1.807, 2.05) is 11.8 Å². The fourth-order valence-corrected chi connectivity index (χ4v) is 4.35. The van der Waals surface area contributed by atoms with Gasteiger partial charge in [0.15, 0.2) is 6.29 Å². The third-order valence-corrected chi connectivity index (χ3v) is 5.44. The van der Waals surface area contributed by atoms with Crippen molar-refractivity contribution in [3.63, 3.8) is 0 Å². The number of nitrogens with zero attached hydrogens (tertiary/aromatic N) is 1. The van der Waals surface area contributed by atoms with Crippen LogP contribution in [-0.2, 0) is 4.79 Å². The second kappa shape index (κ2) is 7.33. The number of aliphatic hydroxyl groups excluding tert-OH is 1. The number of hydrogen-bond acceptors (Lipinski definition) is 5. The number of unbranched alkanes of at least 4 members (excludes halogenated alkanes) is 1. The lowest BCUT2D eigenvalue weighted by molar-refractivity contribution is -0.135. The Morgan fingerprint density at radius 2 is 2.19 bits per heavy atom. The third-order valence-electron chi connectivity index (χ3n) is 3.93. The molecule has 2 saturated heterocycles. The standard InChI is InChI=1S/C13H23N3O4S/c1-16(6-11(18)19)10(17)5-3-2-4-9-12-8(7-21-9)14-13(20)15-12/h8-9,11-12,18-19H,2-7H2,1H3,(H2,14,15,20). The molecule has 4 N–H and O–H groups in total. The van der Waals surface area contributed by atoms with Gasteiger partial charge in [-0.25, -0.2) is 4.79 Å². The number of aliphatic hydroxyl groups is 2. The Morgan fingerprint density at radius 3 is 2.90 bits per heavy atom. The van der Waals surface area contributed by atoms with E-state index in [0.29, 0.717) is 11.7 Å². The maximum Gasteiger partial charge on any atom is 0.315 e. The van der Waals surface area contributed by atoms with Gasteiger partial charge in [-0.3, -0.25) is 4.79 Å². The van der Waals surface area contributed by atoms with Gasteiger partial charge in [0.2, 0.25) is 5.91 Å². The first-order valence-corrected chi connectivity index (χ1v) is 8.31. The molecule has 0 spiro atoms. The maximum absolute atomic E-state index is 11.7. The van der Waals surface area contributed by atoms with Gasteiger partial charge in [0.05, 0.1) is 18.6 Å². The van der Waals surface area contributed by atoms with Crippen LogP contribution >= 0.6 is 11.8 Å². The number of amides is 3. The van der Waals surface area contributed by atoms with Gasteiger partial charge in [0.25, 0.3) is 0 Å². The zero-order chi connectivity index (χ0) is 15.4. The second-order valence-electron chi connectivity index (χ2n) is 5.62. The van der Waals surface area contributed by atoms with E-state index in [1.165, 1.54) is 4.90 Å². The zero-order valence-corrected chi connectivity index (χ0v) is 12.9. The van der Waals surface area contributed by atoms with Gasteiger partial charge in [-0.05, 0) is 12.8 Å². The summed E-state index contributed by atoms with van der Waals surface area (Å²) >= 11 is 1.87. The average Bonchev–Trinajstić information content (AvgIpc) is 2.93. The van der Waals surface area contributed by atoms with Crippen molar-refractivity contribution in [3.8, 4) is 0 Å². The summed E-state index contributed by atoms with van der Waals surface area (Å²) in [5, 5.41) is 23.9. The fourth-order valence-electron chi connectivity index (χ4n) is 2.80. The van der Waals surface area contributed by atoms with Crippen molar-refractivity contribution >= 4 is 23.7 Å². The van der Waals surface area contributed by atoms with Gasteiger partial charge in [-0.1, -0.05) is 6.42 Å². The fraction of sp³-hybridized carbons (Fsp3) is 0.846. The van der Waals surface area contributed by atoms with Crippen LogP contribution in [0.1, 0.15) is 25.7 Å². The average molecular weight is 317 g/mol. The normalized spacial score (nSPS) is 27.4. The Morgan fingerprint density at radius 1 is 1.43 bits per heavy atom. The van der Waals surface area contributed by atoms with Gasteiger partial charge >= 0.3 is 6.03 Å². The summed E-state index contributed by atoms with van der Waals surface area (Å²) in [5.74, 6) is 0.875. The highest BCUT2D eigenvalue weighted by Crippen LogP contribution is 2.33. The predicted octanol–water partition coefficient (Wildman–Crippen LogP) is -0.519. The van der Waals surface area contributed by atoms with Crippen LogP contribution in [0, 0.1) is 0 Å². The molecule has 3 unspecified atom stereocenters. The van der Waals surface area contributed by atoms with Crippen molar-refractivity contribution < 1.29 is 19.8 Å². The summed E-state index contributed by atoms with van der Waals surface area (Å²) in [5.41, 5.74) is 0. The van der Waals surface area contributed by atoms with Crippen LogP contribution in [0.4, 0.5) is 4.79 Å². The lowest BCUT2D eigenvalue weighted by Crippen LogP contribution is -2.36. The molecular weight excluding hydrogens is 294 g/mol. The first kappa shape index (κ1) is 16.4. The van der Waals surface area contributed by atoms with E-state index in [9.17, 15) is 9.59 Å². The van der Waals surface area contributed by atoms with Crippen molar-refractivity contribution in [2.75, 3.05) is 19.3 Å². The molecule has 0 bridgehead atoms. The van der Waals surface area contributed by atoms with Crippen molar-refractivity contribution in [2.45, 2.75) is 49.3 Å². The molecule has 0 aromatic rings. The molecule has 2 heterocycles. The van der Waals surface area contributed by atoms with Gasteiger partial charge < -0.3 is 25.7 Å². The van der Waals surface area contributed by atoms with Gasteiger partial charge in [-0.15, -0.1) is 0 Å². The van der Waals surface area contributed by atoms with Crippen LogP contribution in [0.25, 0.3) is 0 Å². The number of likely N-dealkylation sites (N-methyl/N-ethyl adjacent to an activating group) is 1. The maximum atomic E-state index is 11.7. The van der Waals surface area contributed by atoms with Gasteiger partial charge in [-0.2, -0.15) is 11.8 Å². The quantitative estimate of drug-likeness (QED) is 0.288. The number of urea groups is 1. The summed E-state index contributed by atoms with van der Waals surface area (Å²) in [6.45, 7) is -0.0568. The number of carbonyl (C=O) groups excluding carboxylic acids is 2. The summed E-state index contributed by atoms with van der Waals surface area (Å²) in [7, 11) is 1.57. The van der Waals surface area contributed by atoms with Crippen molar-refractivity contribution in [1.29, 1.82) is 0 Å². The molecule has 2 aliphatic rings. The molecule has 0 radical (unpaired) electrons. The number of thioether (sulfide) groups is 1.